The van der Waals surface area contributed by atoms with Crippen LogP contribution in [0.1, 0.15) is 29.7 Å². The Kier molecular flexibility index (Phi) is 5.41. The van der Waals surface area contributed by atoms with E-state index in [0.717, 1.165) is 35.6 Å². The van der Waals surface area contributed by atoms with Gasteiger partial charge < -0.3 is 19.8 Å². The molecule has 1 aromatic heterocycles. The minimum atomic E-state index is 0.603. The van der Waals surface area contributed by atoms with Crippen LogP contribution in [0.5, 0.6) is 5.75 Å². The monoisotopic (exact) mass is 327 g/mol. The number of guanidine groups is 1. The maximum absolute atomic E-state index is 6.01. The summed E-state index contributed by atoms with van der Waals surface area (Å²) in [6, 6.07) is 10.1. The van der Waals surface area contributed by atoms with Crippen LogP contribution in [-0.2, 0) is 13.1 Å². The fourth-order valence-electron chi connectivity index (χ4n) is 2.42. The molecule has 1 heterocycles. The Morgan fingerprint density at radius 2 is 2.08 bits per heavy atom. The molecule has 0 aliphatic heterocycles. The van der Waals surface area contributed by atoms with E-state index < -0.39 is 0 Å². The number of ether oxygens (including phenoxy) is 1. The zero-order valence-electron chi connectivity index (χ0n) is 14.3. The van der Waals surface area contributed by atoms with Crippen molar-refractivity contribution in [2.24, 2.45) is 10.9 Å². The van der Waals surface area contributed by atoms with Crippen LogP contribution in [0, 0.1) is 12.8 Å². The quantitative estimate of drug-likeness (QED) is 0.605. The summed E-state index contributed by atoms with van der Waals surface area (Å²) in [6.07, 6.45) is 4.26. The van der Waals surface area contributed by atoms with Gasteiger partial charge in [-0.15, -0.1) is 0 Å². The van der Waals surface area contributed by atoms with E-state index >= 15 is 0 Å². The van der Waals surface area contributed by atoms with Gasteiger partial charge in [0, 0.05) is 19.2 Å². The fourth-order valence-corrected chi connectivity index (χ4v) is 2.42. The Bertz CT molecular complexity index is 676. The first-order valence-corrected chi connectivity index (χ1v) is 8.44. The van der Waals surface area contributed by atoms with Crippen molar-refractivity contribution in [1.82, 2.24) is 10.6 Å². The highest BCUT2D eigenvalue weighted by atomic mass is 16.5. The highest BCUT2D eigenvalue weighted by molar-refractivity contribution is 5.79. The zero-order chi connectivity index (χ0) is 16.8. The van der Waals surface area contributed by atoms with Crippen LogP contribution in [0.25, 0.3) is 0 Å². The molecule has 1 saturated carbocycles. The third-order valence-corrected chi connectivity index (χ3v) is 4.07. The summed E-state index contributed by atoms with van der Waals surface area (Å²) in [4.78, 5) is 4.25. The topological polar surface area (TPSA) is 58.8 Å². The average molecular weight is 327 g/mol. The first-order chi connectivity index (χ1) is 11.7. The molecule has 2 aromatic rings. The average Bonchev–Trinajstić information content (AvgIpc) is 3.28. The van der Waals surface area contributed by atoms with Crippen molar-refractivity contribution < 1.29 is 9.15 Å². The first-order valence-electron chi connectivity index (χ1n) is 8.44. The number of benzene rings is 1. The van der Waals surface area contributed by atoms with Crippen LogP contribution >= 0.6 is 0 Å². The van der Waals surface area contributed by atoms with E-state index in [1.807, 2.05) is 12.1 Å². The SMILES string of the molecule is CN=C(NCc1ccco1)NCc1ccc(C)cc1OCC1CC1. The largest absolute Gasteiger partial charge is 0.493 e. The zero-order valence-corrected chi connectivity index (χ0v) is 14.3. The van der Waals surface area contributed by atoms with Gasteiger partial charge in [-0.1, -0.05) is 12.1 Å². The molecule has 0 atom stereocenters. The van der Waals surface area contributed by atoms with Crippen molar-refractivity contribution >= 4 is 5.96 Å². The molecule has 1 aromatic carbocycles. The minimum absolute atomic E-state index is 0.603. The molecular weight excluding hydrogens is 302 g/mol. The molecule has 24 heavy (non-hydrogen) atoms. The third kappa shape index (κ3) is 4.78. The maximum Gasteiger partial charge on any atom is 0.191 e. The van der Waals surface area contributed by atoms with Crippen molar-refractivity contribution in [1.29, 1.82) is 0 Å². The number of aliphatic imine (C=N–C) groups is 1. The fraction of sp³-hybridized carbons (Fsp3) is 0.421. The summed E-state index contributed by atoms with van der Waals surface area (Å²) in [7, 11) is 1.76. The number of nitrogens with zero attached hydrogens (tertiary/aromatic N) is 1. The van der Waals surface area contributed by atoms with Gasteiger partial charge in [-0.05, 0) is 49.4 Å². The van der Waals surface area contributed by atoms with Gasteiger partial charge >= 0.3 is 0 Å². The second kappa shape index (κ2) is 7.90. The smallest absolute Gasteiger partial charge is 0.191 e. The molecule has 128 valence electrons. The molecule has 5 heteroatoms. The molecule has 1 fully saturated rings. The number of hydrogen-bond acceptors (Lipinski definition) is 3. The Morgan fingerprint density at radius 3 is 2.79 bits per heavy atom. The molecular formula is C19H25N3O2. The minimum Gasteiger partial charge on any atom is -0.493 e. The molecule has 0 spiro atoms. The van der Waals surface area contributed by atoms with E-state index in [1.165, 1.54) is 18.4 Å². The Balaban J connectivity index is 1.55. The van der Waals surface area contributed by atoms with Crippen molar-refractivity contribution in [3.05, 3.63) is 53.5 Å². The first kappa shape index (κ1) is 16.4. The molecule has 5 nitrogen and oxygen atoms in total. The molecule has 0 radical (unpaired) electrons. The predicted octanol–water partition coefficient (Wildman–Crippen LogP) is 3.24. The summed E-state index contributed by atoms with van der Waals surface area (Å²) in [5.41, 5.74) is 2.35. The van der Waals surface area contributed by atoms with Gasteiger partial charge in [0.05, 0.1) is 19.4 Å². The Hall–Kier alpha value is -2.43. The Labute approximate surface area is 143 Å². The standard InChI is InChI=1S/C19H25N3O2/c1-14-5-8-16(18(10-14)24-13-15-6-7-15)11-21-19(20-2)22-12-17-4-3-9-23-17/h3-5,8-10,15H,6-7,11-13H2,1-2H3,(H2,20,21,22). The molecule has 0 bridgehead atoms. The number of hydrogen-bond donors (Lipinski definition) is 2. The second-order valence-electron chi connectivity index (χ2n) is 6.22. The lowest BCUT2D eigenvalue weighted by Gasteiger charge is -2.15. The van der Waals surface area contributed by atoms with Crippen molar-refractivity contribution in [2.75, 3.05) is 13.7 Å². The molecule has 0 unspecified atom stereocenters. The van der Waals surface area contributed by atoms with Crippen molar-refractivity contribution in [3.63, 3.8) is 0 Å². The molecule has 3 rings (SSSR count). The van der Waals surface area contributed by atoms with Crippen molar-refractivity contribution in [3.8, 4) is 5.75 Å². The van der Waals surface area contributed by atoms with Crippen molar-refractivity contribution in [2.45, 2.75) is 32.9 Å². The highest BCUT2D eigenvalue weighted by Gasteiger charge is 2.22. The highest BCUT2D eigenvalue weighted by Crippen LogP contribution is 2.30. The summed E-state index contributed by atoms with van der Waals surface area (Å²) in [5, 5.41) is 6.57. The third-order valence-electron chi connectivity index (χ3n) is 4.07. The molecule has 0 amide bonds. The van der Waals surface area contributed by atoms with E-state index in [-0.39, 0.29) is 0 Å². The normalized spacial score (nSPS) is 14.5. The van der Waals surface area contributed by atoms with Gasteiger partial charge in [-0.25, -0.2) is 0 Å². The predicted molar refractivity (Wildman–Crippen MR) is 95.1 cm³/mol. The van der Waals surface area contributed by atoms with Crippen LogP contribution in [0.2, 0.25) is 0 Å². The van der Waals surface area contributed by atoms with Crippen LogP contribution in [0.4, 0.5) is 0 Å². The maximum atomic E-state index is 6.01. The van der Waals surface area contributed by atoms with Gasteiger partial charge in [0.15, 0.2) is 5.96 Å². The molecule has 1 aliphatic carbocycles. The molecule has 2 N–H and O–H groups in total. The molecule has 0 saturated heterocycles. The number of furan rings is 1. The van der Waals surface area contributed by atoms with E-state index in [9.17, 15) is 0 Å². The van der Waals surface area contributed by atoms with Crippen LogP contribution < -0.4 is 15.4 Å². The van der Waals surface area contributed by atoms with Gasteiger partial charge in [-0.2, -0.15) is 0 Å². The van der Waals surface area contributed by atoms with E-state index in [2.05, 4.69) is 40.7 Å². The number of rotatable bonds is 7. The summed E-state index contributed by atoms with van der Waals surface area (Å²) in [6.45, 7) is 4.18. The van der Waals surface area contributed by atoms with Gasteiger partial charge in [0.2, 0.25) is 0 Å². The van der Waals surface area contributed by atoms with Crippen LogP contribution in [0.15, 0.2) is 46.0 Å². The number of aryl methyl sites for hydroxylation is 1. The van der Waals surface area contributed by atoms with Gasteiger partial charge in [0.25, 0.3) is 0 Å². The molecule has 1 aliphatic rings. The Morgan fingerprint density at radius 1 is 1.25 bits per heavy atom. The van der Waals surface area contributed by atoms with Crippen LogP contribution in [0.3, 0.4) is 0 Å². The van der Waals surface area contributed by atoms with E-state index in [1.54, 1.807) is 13.3 Å². The van der Waals surface area contributed by atoms with E-state index in [4.69, 9.17) is 9.15 Å². The summed E-state index contributed by atoms with van der Waals surface area (Å²) < 4.78 is 11.3. The lowest BCUT2D eigenvalue weighted by atomic mass is 10.1. The second-order valence-corrected chi connectivity index (χ2v) is 6.22. The van der Waals surface area contributed by atoms with Gasteiger partial charge in [-0.3, -0.25) is 4.99 Å². The summed E-state index contributed by atoms with van der Waals surface area (Å²) in [5.74, 6) is 3.33. The van der Waals surface area contributed by atoms with E-state index in [0.29, 0.717) is 13.1 Å². The number of nitrogens with one attached hydrogen (secondary N) is 2. The lowest BCUT2D eigenvalue weighted by Crippen LogP contribution is -2.36. The van der Waals surface area contributed by atoms with Crippen LogP contribution in [-0.4, -0.2) is 19.6 Å². The lowest BCUT2D eigenvalue weighted by molar-refractivity contribution is 0.296. The van der Waals surface area contributed by atoms with Gasteiger partial charge in [0.1, 0.15) is 11.5 Å². The summed E-state index contributed by atoms with van der Waals surface area (Å²) >= 11 is 0.